The Morgan fingerprint density at radius 2 is 2.22 bits per heavy atom. The predicted molar refractivity (Wildman–Crippen MR) is 102 cm³/mol. The van der Waals surface area contributed by atoms with E-state index in [2.05, 4.69) is 51.9 Å². The number of hydrogen-bond acceptors (Lipinski definition) is 1. The van der Waals surface area contributed by atoms with Crippen molar-refractivity contribution < 1.29 is 4.79 Å². The van der Waals surface area contributed by atoms with Gasteiger partial charge in [0.1, 0.15) is 0 Å². The van der Waals surface area contributed by atoms with Crippen LogP contribution in [0.2, 0.25) is 0 Å². The number of hydrogen-bond donors (Lipinski definition) is 2. The van der Waals surface area contributed by atoms with Gasteiger partial charge in [-0.05, 0) is 90.1 Å². The summed E-state index contributed by atoms with van der Waals surface area (Å²) in [7, 11) is 0. The molecule has 0 bridgehead atoms. The lowest BCUT2D eigenvalue weighted by Gasteiger charge is -2.20. The number of halogens is 1. The molecule has 0 fully saturated rings. The van der Waals surface area contributed by atoms with Gasteiger partial charge < -0.3 is 10.3 Å². The summed E-state index contributed by atoms with van der Waals surface area (Å²) in [6.45, 7) is 2.26. The molecule has 0 spiro atoms. The molecule has 0 saturated heterocycles. The van der Waals surface area contributed by atoms with E-state index in [1.54, 1.807) is 0 Å². The largest absolute Gasteiger partial charge is 0.359 e. The maximum absolute atomic E-state index is 12.3. The van der Waals surface area contributed by atoms with Crippen molar-refractivity contribution in [2.24, 2.45) is 0 Å². The Hall–Kier alpha value is -1.56. The standard InChI is InChI=1S/C19H19IN2O/c1-2-11-4-3-5-17-14(11)9-13(21-17)10-16-15-8-12(20)6-7-18(15)22-19(16)23/h6-11,21H,2-5H2,1H3,(H,22,23). The van der Waals surface area contributed by atoms with Crippen molar-refractivity contribution in [2.45, 2.75) is 38.5 Å². The van der Waals surface area contributed by atoms with Crippen LogP contribution in [0.25, 0.3) is 11.6 Å². The number of H-pyrrole nitrogens is 1. The summed E-state index contributed by atoms with van der Waals surface area (Å²) in [5, 5.41) is 2.95. The molecule has 4 rings (SSSR count). The van der Waals surface area contributed by atoms with E-state index in [0.717, 1.165) is 32.5 Å². The van der Waals surface area contributed by atoms with E-state index < -0.39 is 0 Å². The first-order valence-corrected chi connectivity index (χ1v) is 9.28. The Kier molecular flexibility index (Phi) is 3.79. The normalized spacial score (nSPS) is 21.2. The number of aromatic amines is 1. The second-order valence-corrected chi connectivity index (χ2v) is 7.60. The first-order chi connectivity index (χ1) is 11.2. The molecule has 1 aliphatic carbocycles. The number of carbonyl (C=O) groups excluding carboxylic acids is 1. The van der Waals surface area contributed by atoms with Gasteiger partial charge in [0.15, 0.2) is 0 Å². The number of benzene rings is 1. The van der Waals surface area contributed by atoms with E-state index >= 15 is 0 Å². The highest BCUT2D eigenvalue weighted by Gasteiger charge is 2.25. The molecule has 2 N–H and O–H groups in total. The van der Waals surface area contributed by atoms with Gasteiger partial charge in [0.05, 0.1) is 5.57 Å². The number of aromatic nitrogens is 1. The zero-order chi connectivity index (χ0) is 16.0. The molecule has 23 heavy (non-hydrogen) atoms. The summed E-state index contributed by atoms with van der Waals surface area (Å²) in [5.41, 5.74) is 6.52. The average molecular weight is 418 g/mol. The second-order valence-electron chi connectivity index (χ2n) is 6.36. The Morgan fingerprint density at radius 3 is 3.04 bits per heavy atom. The van der Waals surface area contributed by atoms with E-state index in [-0.39, 0.29) is 5.91 Å². The molecule has 1 aromatic carbocycles. The molecule has 1 amide bonds. The molecule has 0 saturated carbocycles. The Labute approximate surface area is 149 Å². The van der Waals surface area contributed by atoms with Crippen molar-refractivity contribution in [1.82, 2.24) is 4.98 Å². The second kappa shape index (κ2) is 5.82. The van der Waals surface area contributed by atoms with Gasteiger partial charge >= 0.3 is 0 Å². The number of amides is 1. The fourth-order valence-corrected chi connectivity index (χ4v) is 4.24. The van der Waals surface area contributed by atoms with Gasteiger partial charge in [-0.2, -0.15) is 0 Å². The molecule has 1 atom stereocenters. The topological polar surface area (TPSA) is 44.9 Å². The zero-order valence-corrected chi connectivity index (χ0v) is 15.2. The lowest BCUT2D eigenvalue weighted by Crippen LogP contribution is -2.07. The van der Waals surface area contributed by atoms with Crippen molar-refractivity contribution in [1.29, 1.82) is 0 Å². The highest BCUT2D eigenvalue weighted by Crippen LogP contribution is 2.37. The van der Waals surface area contributed by atoms with Crippen molar-refractivity contribution >= 4 is 45.8 Å². The summed E-state index contributed by atoms with van der Waals surface area (Å²) < 4.78 is 1.14. The first kappa shape index (κ1) is 15.0. The third kappa shape index (κ3) is 2.63. The van der Waals surface area contributed by atoms with Crippen LogP contribution in [-0.2, 0) is 11.2 Å². The highest BCUT2D eigenvalue weighted by molar-refractivity contribution is 14.1. The van der Waals surface area contributed by atoms with Crippen LogP contribution in [0, 0.1) is 3.57 Å². The fraction of sp³-hybridized carbons (Fsp3) is 0.316. The Morgan fingerprint density at radius 1 is 1.35 bits per heavy atom. The van der Waals surface area contributed by atoms with Gasteiger partial charge in [0.25, 0.3) is 5.91 Å². The number of rotatable bonds is 2. The van der Waals surface area contributed by atoms with Crippen LogP contribution >= 0.6 is 22.6 Å². The first-order valence-electron chi connectivity index (χ1n) is 8.20. The third-order valence-corrected chi connectivity index (χ3v) is 5.60. The van der Waals surface area contributed by atoms with Crippen molar-refractivity contribution in [3.8, 4) is 0 Å². The molecule has 118 valence electrons. The van der Waals surface area contributed by atoms with Gasteiger partial charge in [-0.15, -0.1) is 0 Å². The van der Waals surface area contributed by atoms with Gasteiger partial charge in [-0.1, -0.05) is 6.92 Å². The lowest BCUT2D eigenvalue weighted by atomic mass is 9.85. The average Bonchev–Trinajstić information content (AvgIpc) is 3.09. The summed E-state index contributed by atoms with van der Waals surface area (Å²) >= 11 is 2.28. The van der Waals surface area contributed by atoms with E-state index in [9.17, 15) is 4.79 Å². The van der Waals surface area contributed by atoms with Crippen LogP contribution in [0.15, 0.2) is 24.3 Å². The molecule has 0 radical (unpaired) electrons. The van der Waals surface area contributed by atoms with Crippen molar-refractivity contribution in [3.63, 3.8) is 0 Å². The predicted octanol–water partition coefficient (Wildman–Crippen LogP) is 4.94. The van der Waals surface area contributed by atoms with Gasteiger partial charge in [-0.25, -0.2) is 0 Å². The smallest absolute Gasteiger partial charge is 0.256 e. The Balaban J connectivity index is 1.76. The Bertz CT molecular complexity index is 819. The van der Waals surface area contributed by atoms with Gasteiger partial charge in [0.2, 0.25) is 0 Å². The number of fused-ring (bicyclic) bond motifs is 2. The van der Waals surface area contributed by atoms with Crippen LogP contribution in [0.5, 0.6) is 0 Å². The quantitative estimate of drug-likeness (QED) is 0.527. The molecule has 2 aromatic rings. The van der Waals surface area contributed by atoms with Crippen LogP contribution in [0.1, 0.15) is 54.6 Å². The highest BCUT2D eigenvalue weighted by atomic mass is 127. The van der Waals surface area contributed by atoms with E-state index in [1.165, 1.54) is 30.5 Å². The third-order valence-electron chi connectivity index (χ3n) is 4.93. The molecule has 2 heterocycles. The van der Waals surface area contributed by atoms with Gasteiger partial charge in [0, 0.05) is 26.2 Å². The molecule has 1 aliphatic heterocycles. The number of carbonyl (C=O) groups is 1. The van der Waals surface area contributed by atoms with Crippen LogP contribution < -0.4 is 5.32 Å². The summed E-state index contributed by atoms with van der Waals surface area (Å²) in [6, 6.07) is 8.30. The number of aryl methyl sites for hydroxylation is 1. The minimum absolute atomic E-state index is 0.0124. The summed E-state index contributed by atoms with van der Waals surface area (Å²) in [5.74, 6) is 0.648. The molecule has 1 aromatic heterocycles. The number of anilines is 1. The molecule has 3 nitrogen and oxygen atoms in total. The molecular formula is C19H19IN2O. The minimum atomic E-state index is -0.0124. The summed E-state index contributed by atoms with van der Waals surface area (Å²) in [4.78, 5) is 15.8. The van der Waals surface area contributed by atoms with Crippen molar-refractivity contribution in [2.75, 3.05) is 5.32 Å². The van der Waals surface area contributed by atoms with Crippen LogP contribution in [-0.4, -0.2) is 10.9 Å². The van der Waals surface area contributed by atoms with E-state index in [1.807, 2.05) is 18.2 Å². The SMILES string of the molecule is CCC1CCCc2[nH]c(C=C3C(=O)Nc4ccc(I)cc43)cc21. The lowest BCUT2D eigenvalue weighted by molar-refractivity contribution is -0.110. The molecule has 2 aliphatic rings. The zero-order valence-electron chi connectivity index (χ0n) is 13.1. The number of nitrogens with one attached hydrogen (secondary N) is 2. The molecule has 4 heteroatoms. The fourth-order valence-electron chi connectivity index (χ4n) is 3.75. The molecular weight excluding hydrogens is 399 g/mol. The maximum Gasteiger partial charge on any atom is 0.256 e. The van der Waals surface area contributed by atoms with E-state index in [4.69, 9.17) is 0 Å². The summed E-state index contributed by atoms with van der Waals surface area (Å²) in [6.07, 6.45) is 6.84. The molecule has 1 unspecified atom stereocenters. The van der Waals surface area contributed by atoms with Crippen LogP contribution in [0.4, 0.5) is 5.69 Å². The maximum atomic E-state index is 12.3. The minimum Gasteiger partial charge on any atom is -0.359 e. The van der Waals surface area contributed by atoms with E-state index in [0.29, 0.717) is 5.92 Å². The van der Waals surface area contributed by atoms with Crippen LogP contribution in [0.3, 0.4) is 0 Å². The monoisotopic (exact) mass is 418 g/mol. The van der Waals surface area contributed by atoms with Crippen molar-refractivity contribution in [3.05, 3.63) is 50.4 Å². The van der Waals surface area contributed by atoms with Gasteiger partial charge in [-0.3, -0.25) is 4.79 Å².